The van der Waals surface area contributed by atoms with Crippen molar-refractivity contribution in [1.82, 2.24) is 0 Å². The lowest BCUT2D eigenvalue weighted by molar-refractivity contribution is 0.282. The molecule has 0 heterocycles. The molecule has 1 unspecified atom stereocenters. The van der Waals surface area contributed by atoms with Crippen molar-refractivity contribution in [3.05, 3.63) is 59.7 Å². The Morgan fingerprint density at radius 3 is 2.44 bits per heavy atom. The molecule has 0 saturated heterocycles. The number of phenolic OH excluding ortho intramolecular Hbond substituents is 1. The summed E-state index contributed by atoms with van der Waals surface area (Å²) in [7, 11) is 0. The van der Waals surface area contributed by atoms with Gasteiger partial charge < -0.3 is 15.5 Å². The molecular formula is C15H17NO2. The molecule has 2 aromatic rings. The van der Waals surface area contributed by atoms with Crippen molar-refractivity contribution < 1.29 is 10.2 Å². The molecule has 2 aromatic carbocycles. The minimum absolute atomic E-state index is 0.0579. The van der Waals surface area contributed by atoms with Gasteiger partial charge >= 0.3 is 0 Å². The predicted molar refractivity (Wildman–Crippen MR) is 72.5 cm³/mol. The van der Waals surface area contributed by atoms with Gasteiger partial charge in [0.25, 0.3) is 0 Å². The zero-order valence-electron chi connectivity index (χ0n) is 10.3. The average molecular weight is 243 g/mol. The van der Waals surface area contributed by atoms with Crippen LogP contribution in [0, 0.1) is 0 Å². The number of hydrogen-bond acceptors (Lipinski definition) is 3. The molecule has 94 valence electrons. The Bertz CT molecular complexity index is 508. The van der Waals surface area contributed by atoms with Gasteiger partial charge in [-0.25, -0.2) is 0 Å². The molecule has 0 saturated carbocycles. The Morgan fingerprint density at radius 1 is 1.11 bits per heavy atom. The van der Waals surface area contributed by atoms with Crippen molar-refractivity contribution in [2.24, 2.45) is 0 Å². The molecule has 0 aliphatic heterocycles. The van der Waals surface area contributed by atoms with E-state index in [4.69, 9.17) is 5.11 Å². The van der Waals surface area contributed by atoms with E-state index in [1.807, 2.05) is 43.3 Å². The molecule has 0 radical (unpaired) electrons. The number of phenols is 1. The molecule has 0 bridgehead atoms. The normalized spacial score (nSPS) is 12.1. The number of aliphatic hydroxyl groups excluding tert-OH is 1. The first kappa shape index (κ1) is 12.5. The second-order valence-corrected chi connectivity index (χ2v) is 4.32. The molecular weight excluding hydrogens is 226 g/mol. The first-order valence-electron chi connectivity index (χ1n) is 5.94. The largest absolute Gasteiger partial charge is 0.508 e. The molecule has 3 nitrogen and oxygen atoms in total. The SMILES string of the molecule is CC(Nc1ccc(CO)cc1)c1cccc(O)c1. The van der Waals surface area contributed by atoms with Gasteiger partial charge in [-0.15, -0.1) is 0 Å². The van der Waals surface area contributed by atoms with Crippen LogP contribution in [0.2, 0.25) is 0 Å². The van der Waals surface area contributed by atoms with Gasteiger partial charge in [-0.3, -0.25) is 0 Å². The minimum atomic E-state index is 0.0579. The van der Waals surface area contributed by atoms with Crippen LogP contribution < -0.4 is 5.32 Å². The summed E-state index contributed by atoms with van der Waals surface area (Å²) in [5.41, 5.74) is 2.91. The van der Waals surface area contributed by atoms with Crippen LogP contribution in [0.15, 0.2) is 48.5 Å². The van der Waals surface area contributed by atoms with Crippen LogP contribution in [0.3, 0.4) is 0 Å². The van der Waals surface area contributed by atoms with E-state index in [2.05, 4.69) is 5.32 Å². The van der Waals surface area contributed by atoms with Crippen molar-refractivity contribution in [3.63, 3.8) is 0 Å². The van der Waals surface area contributed by atoms with Crippen LogP contribution in [0.5, 0.6) is 5.75 Å². The quantitative estimate of drug-likeness (QED) is 0.773. The minimum Gasteiger partial charge on any atom is -0.508 e. The van der Waals surface area contributed by atoms with E-state index in [0.29, 0.717) is 0 Å². The number of anilines is 1. The fourth-order valence-electron chi connectivity index (χ4n) is 1.83. The third-order valence-electron chi connectivity index (χ3n) is 2.89. The summed E-state index contributed by atoms with van der Waals surface area (Å²) in [4.78, 5) is 0. The fraction of sp³-hybridized carbons (Fsp3) is 0.200. The van der Waals surface area contributed by atoms with Gasteiger partial charge in [-0.1, -0.05) is 24.3 Å². The number of aliphatic hydroxyl groups is 1. The van der Waals surface area contributed by atoms with Crippen LogP contribution in [0.1, 0.15) is 24.1 Å². The first-order chi connectivity index (χ1) is 8.69. The number of hydrogen-bond donors (Lipinski definition) is 3. The molecule has 0 aliphatic carbocycles. The van der Waals surface area contributed by atoms with E-state index in [9.17, 15) is 5.11 Å². The molecule has 2 rings (SSSR count). The number of nitrogens with one attached hydrogen (secondary N) is 1. The summed E-state index contributed by atoms with van der Waals surface area (Å²) in [6, 6.07) is 15.0. The topological polar surface area (TPSA) is 52.5 Å². The van der Waals surface area contributed by atoms with Crippen molar-refractivity contribution >= 4 is 5.69 Å². The molecule has 0 fully saturated rings. The van der Waals surface area contributed by atoms with Crippen LogP contribution in [0.4, 0.5) is 5.69 Å². The maximum absolute atomic E-state index is 9.44. The van der Waals surface area contributed by atoms with Crippen molar-refractivity contribution in [1.29, 1.82) is 0 Å². The summed E-state index contributed by atoms with van der Waals surface area (Å²) in [5.74, 6) is 0.275. The van der Waals surface area contributed by atoms with E-state index < -0.39 is 0 Å². The highest BCUT2D eigenvalue weighted by Crippen LogP contribution is 2.22. The van der Waals surface area contributed by atoms with Crippen molar-refractivity contribution in [2.45, 2.75) is 19.6 Å². The standard InChI is InChI=1S/C15H17NO2/c1-11(13-3-2-4-15(18)9-13)16-14-7-5-12(10-17)6-8-14/h2-9,11,16-18H,10H2,1H3. The number of rotatable bonds is 4. The molecule has 1 atom stereocenters. The Labute approximate surface area is 107 Å². The van der Waals surface area contributed by atoms with Crippen LogP contribution in [-0.4, -0.2) is 10.2 Å². The molecule has 18 heavy (non-hydrogen) atoms. The van der Waals surface area contributed by atoms with E-state index in [1.165, 1.54) is 0 Å². The average Bonchev–Trinajstić information content (AvgIpc) is 2.39. The molecule has 0 spiro atoms. The molecule has 0 aliphatic rings. The maximum atomic E-state index is 9.44. The molecule has 0 aromatic heterocycles. The van der Waals surface area contributed by atoms with Gasteiger partial charge in [0.1, 0.15) is 5.75 Å². The Balaban J connectivity index is 2.08. The second kappa shape index (κ2) is 5.56. The zero-order valence-corrected chi connectivity index (χ0v) is 10.3. The molecule has 0 amide bonds. The van der Waals surface area contributed by atoms with Crippen LogP contribution in [-0.2, 0) is 6.61 Å². The van der Waals surface area contributed by atoms with Crippen molar-refractivity contribution in [3.8, 4) is 5.75 Å². The number of aromatic hydroxyl groups is 1. The van der Waals surface area contributed by atoms with Gasteiger partial charge in [0.2, 0.25) is 0 Å². The highest BCUT2D eigenvalue weighted by Gasteiger charge is 2.05. The predicted octanol–water partition coefficient (Wildman–Crippen LogP) is 3.06. The summed E-state index contributed by atoms with van der Waals surface area (Å²) in [6.45, 7) is 2.09. The highest BCUT2D eigenvalue weighted by atomic mass is 16.3. The lowest BCUT2D eigenvalue weighted by Crippen LogP contribution is -2.06. The monoisotopic (exact) mass is 243 g/mol. The van der Waals surface area contributed by atoms with E-state index >= 15 is 0 Å². The van der Waals surface area contributed by atoms with E-state index in [-0.39, 0.29) is 18.4 Å². The molecule has 3 heteroatoms. The lowest BCUT2D eigenvalue weighted by atomic mass is 10.1. The second-order valence-electron chi connectivity index (χ2n) is 4.32. The van der Waals surface area contributed by atoms with E-state index in [0.717, 1.165) is 16.8 Å². The summed E-state index contributed by atoms with van der Waals surface area (Å²) in [5, 5.41) is 21.8. The van der Waals surface area contributed by atoms with Gasteiger partial charge in [-0.05, 0) is 42.3 Å². The Morgan fingerprint density at radius 2 is 1.83 bits per heavy atom. The number of benzene rings is 2. The van der Waals surface area contributed by atoms with Crippen LogP contribution in [0.25, 0.3) is 0 Å². The van der Waals surface area contributed by atoms with Gasteiger partial charge in [0, 0.05) is 11.7 Å². The zero-order chi connectivity index (χ0) is 13.0. The third-order valence-corrected chi connectivity index (χ3v) is 2.89. The Hall–Kier alpha value is -2.00. The maximum Gasteiger partial charge on any atom is 0.115 e. The van der Waals surface area contributed by atoms with Gasteiger partial charge in [-0.2, -0.15) is 0 Å². The highest BCUT2D eigenvalue weighted by molar-refractivity contribution is 5.47. The van der Waals surface area contributed by atoms with Gasteiger partial charge in [0.15, 0.2) is 0 Å². The Kier molecular flexibility index (Phi) is 3.85. The smallest absolute Gasteiger partial charge is 0.115 e. The van der Waals surface area contributed by atoms with Gasteiger partial charge in [0.05, 0.1) is 6.61 Å². The molecule has 3 N–H and O–H groups in total. The van der Waals surface area contributed by atoms with Crippen molar-refractivity contribution in [2.75, 3.05) is 5.32 Å². The van der Waals surface area contributed by atoms with Crippen LogP contribution >= 0.6 is 0 Å². The first-order valence-corrected chi connectivity index (χ1v) is 5.94. The van der Waals surface area contributed by atoms with E-state index in [1.54, 1.807) is 12.1 Å². The fourth-order valence-corrected chi connectivity index (χ4v) is 1.83. The lowest BCUT2D eigenvalue weighted by Gasteiger charge is -2.16. The summed E-state index contributed by atoms with van der Waals surface area (Å²) < 4.78 is 0. The third kappa shape index (κ3) is 3.02. The summed E-state index contributed by atoms with van der Waals surface area (Å²) in [6.07, 6.45) is 0. The summed E-state index contributed by atoms with van der Waals surface area (Å²) >= 11 is 0.